The van der Waals surface area contributed by atoms with E-state index in [0.29, 0.717) is 31.6 Å². The van der Waals surface area contributed by atoms with Gasteiger partial charge in [0, 0.05) is 10.8 Å². The molecule has 0 amide bonds. The number of hydrogen-bond acceptors (Lipinski definition) is 12. The van der Waals surface area contributed by atoms with Crippen LogP contribution in [-0.4, -0.2) is 80.3 Å². The molecule has 0 radical (unpaired) electrons. The summed E-state index contributed by atoms with van der Waals surface area (Å²) < 4.78 is 4.94. The van der Waals surface area contributed by atoms with E-state index in [2.05, 4.69) is 119 Å². The zero-order chi connectivity index (χ0) is 36.1. The van der Waals surface area contributed by atoms with Crippen molar-refractivity contribution in [3.8, 4) is 11.4 Å². The second-order valence-electron chi connectivity index (χ2n) is 11.8. The Labute approximate surface area is 352 Å². The third-order valence-corrected chi connectivity index (χ3v) is 11.4. The number of fused-ring (bicyclic) bond motifs is 2. The SMILES string of the molecule is NO.O=C(CO)CSc1nnc(Br)n1-c1ccc(C2CC2)c2ccccc12.O=C(O)CSc1nnc(Br)n1-c1ccc(C2CC2)c2ccccc12.[Na+].[OH-]. The van der Waals surface area contributed by atoms with E-state index in [1.54, 1.807) is 0 Å². The first-order chi connectivity index (χ1) is 24.8. The molecule has 2 fully saturated rings. The molecular formula is C35H34Br2N7NaO6S2. The Morgan fingerprint density at radius 3 is 1.45 bits per heavy atom. The van der Waals surface area contributed by atoms with E-state index < -0.39 is 12.6 Å². The molecule has 2 aromatic heterocycles. The summed E-state index contributed by atoms with van der Waals surface area (Å²) >= 11 is 9.34. The molecule has 0 spiro atoms. The molecule has 2 aliphatic carbocycles. The number of aliphatic hydroxyl groups is 1. The van der Waals surface area contributed by atoms with Gasteiger partial charge in [-0.05, 0) is 103 Å². The molecule has 0 saturated heterocycles. The van der Waals surface area contributed by atoms with Crippen LogP contribution in [-0.2, 0) is 9.59 Å². The van der Waals surface area contributed by atoms with E-state index in [9.17, 15) is 9.59 Å². The van der Waals surface area contributed by atoms with Gasteiger partial charge in [0.15, 0.2) is 16.1 Å². The molecule has 18 heteroatoms. The van der Waals surface area contributed by atoms with Gasteiger partial charge in [0.2, 0.25) is 9.47 Å². The molecule has 6 aromatic rings. The number of carboxylic acids is 1. The van der Waals surface area contributed by atoms with E-state index in [1.165, 1.54) is 59.3 Å². The number of nitrogens with zero attached hydrogens (tertiary/aromatic N) is 6. The number of aliphatic hydroxyl groups excluding tert-OH is 1. The Balaban J connectivity index is 0.000000218. The number of nitrogens with two attached hydrogens (primary N) is 1. The van der Waals surface area contributed by atoms with Crippen molar-refractivity contribution in [3.63, 3.8) is 0 Å². The van der Waals surface area contributed by atoms with Crippen molar-refractivity contribution in [1.29, 1.82) is 0 Å². The number of hydrogen-bond donors (Lipinski definition) is 4. The summed E-state index contributed by atoms with van der Waals surface area (Å²) in [5, 5.41) is 46.7. The average Bonchev–Trinajstić information content (AvgIpc) is 4.10. The number of carbonyl (C=O) groups excluding carboxylic acids is 1. The first-order valence-corrected chi connectivity index (χ1v) is 19.5. The minimum absolute atomic E-state index is 0. The molecule has 272 valence electrons. The summed E-state index contributed by atoms with van der Waals surface area (Å²) in [4.78, 5) is 22.3. The predicted octanol–water partition coefficient (Wildman–Crippen LogP) is 4.11. The normalized spacial score (nSPS) is 13.2. The number of benzene rings is 4. The molecule has 0 atom stereocenters. The number of aromatic nitrogens is 6. The largest absolute Gasteiger partial charge is 1.00 e. The van der Waals surface area contributed by atoms with Crippen molar-refractivity contribution >= 4 is 88.7 Å². The number of rotatable bonds is 11. The van der Waals surface area contributed by atoms with Crippen LogP contribution in [0, 0.1) is 0 Å². The van der Waals surface area contributed by atoms with E-state index in [-0.39, 0.29) is 52.3 Å². The predicted molar refractivity (Wildman–Crippen MR) is 206 cm³/mol. The molecule has 6 N–H and O–H groups in total. The third kappa shape index (κ3) is 9.96. The van der Waals surface area contributed by atoms with Gasteiger partial charge < -0.3 is 20.9 Å². The summed E-state index contributed by atoms with van der Waals surface area (Å²) in [7, 11) is 0. The molecule has 0 bridgehead atoms. The Hall–Kier alpha value is -2.68. The molecule has 4 aromatic carbocycles. The van der Waals surface area contributed by atoms with Crippen molar-refractivity contribution in [2.24, 2.45) is 5.90 Å². The number of carboxylic acid groups (broad SMARTS) is 1. The molecule has 8 rings (SSSR count). The zero-order valence-corrected chi connectivity index (χ0v) is 35.3. The van der Waals surface area contributed by atoms with E-state index in [0.717, 1.165) is 33.9 Å². The van der Waals surface area contributed by atoms with Gasteiger partial charge in [-0.1, -0.05) is 84.2 Å². The van der Waals surface area contributed by atoms with Crippen molar-refractivity contribution in [2.45, 2.75) is 47.8 Å². The minimum Gasteiger partial charge on any atom is -0.870 e. The van der Waals surface area contributed by atoms with Crippen LogP contribution in [0.4, 0.5) is 0 Å². The smallest absolute Gasteiger partial charge is 0.870 e. The third-order valence-electron chi connectivity index (χ3n) is 8.44. The van der Waals surface area contributed by atoms with Gasteiger partial charge in [0.1, 0.15) is 6.61 Å². The van der Waals surface area contributed by atoms with Crippen molar-refractivity contribution < 1.29 is 60.0 Å². The van der Waals surface area contributed by atoms with Crippen molar-refractivity contribution in [1.82, 2.24) is 29.5 Å². The Bertz CT molecular complexity index is 2220. The fourth-order valence-corrected chi connectivity index (χ4v) is 8.49. The van der Waals surface area contributed by atoms with Crippen LogP contribution in [0.25, 0.3) is 32.9 Å². The van der Waals surface area contributed by atoms with Gasteiger partial charge in [-0.15, -0.1) is 20.4 Å². The number of halogens is 2. The first-order valence-electron chi connectivity index (χ1n) is 16.0. The van der Waals surface area contributed by atoms with E-state index >= 15 is 0 Å². The Morgan fingerprint density at radius 1 is 0.679 bits per heavy atom. The minimum atomic E-state index is -0.875. The maximum Gasteiger partial charge on any atom is 1.00 e. The molecule has 0 unspecified atom stereocenters. The van der Waals surface area contributed by atoms with Crippen LogP contribution in [0.2, 0.25) is 0 Å². The molecular weight excluding hydrogens is 861 g/mol. The van der Waals surface area contributed by atoms with Crippen LogP contribution < -0.4 is 35.5 Å². The van der Waals surface area contributed by atoms with Crippen LogP contribution in [0.15, 0.2) is 92.6 Å². The van der Waals surface area contributed by atoms with Gasteiger partial charge in [0.05, 0.1) is 22.9 Å². The first kappa shape index (κ1) is 43.1. The van der Waals surface area contributed by atoms with E-state index in [1.807, 2.05) is 21.3 Å². The number of aliphatic carboxylic acids is 1. The molecule has 2 saturated carbocycles. The topological polar surface area (TPSA) is 212 Å². The monoisotopic (exact) mass is 893 g/mol. The van der Waals surface area contributed by atoms with Gasteiger partial charge in [-0.2, -0.15) is 0 Å². The van der Waals surface area contributed by atoms with Crippen molar-refractivity contribution in [3.05, 3.63) is 93.4 Å². The quantitative estimate of drug-likeness (QED) is 0.0821. The van der Waals surface area contributed by atoms with Crippen molar-refractivity contribution in [2.75, 3.05) is 18.1 Å². The standard InChI is InChI=1S/C18H16BrN3O2S.C17H14BrN3O2S.H3NO.Na.H2O/c19-17-20-21-18(25-10-12(24)9-23)22(17)16-8-7-13(11-5-6-11)14-3-1-2-4-15(14)16;18-16-19-20-17(24-9-15(22)23)21(16)14-8-7-11(10-5-6-10)12-3-1-2-4-13(12)14;1-2;;/h1-4,7-8,11,23H,5-6,9-10H2;1-4,7-8,10H,5-6,9H2,(H,22,23);2H,1H2;;1H2/q;;;+1;/p-1. The molecule has 2 aliphatic rings. The second-order valence-corrected chi connectivity index (χ2v) is 15.1. The fraction of sp³-hybridized carbons (Fsp3) is 0.257. The van der Waals surface area contributed by atoms with E-state index in [4.69, 9.17) is 15.4 Å². The maximum atomic E-state index is 11.4. The number of Topliss-reactive ketones (excluding diaryl/α,β-unsaturated/α-hetero) is 1. The summed E-state index contributed by atoms with van der Waals surface area (Å²) in [6.07, 6.45) is 5.01. The zero-order valence-electron chi connectivity index (χ0n) is 28.5. The Morgan fingerprint density at radius 2 is 1.08 bits per heavy atom. The van der Waals surface area contributed by atoms with Crippen LogP contribution in [0.3, 0.4) is 0 Å². The van der Waals surface area contributed by atoms with Crippen LogP contribution in [0.5, 0.6) is 0 Å². The van der Waals surface area contributed by atoms with Gasteiger partial charge >= 0.3 is 35.5 Å². The second kappa shape index (κ2) is 19.8. The summed E-state index contributed by atoms with van der Waals surface area (Å²) in [6.45, 7) is -0.457. The molecule has 13 nitrogen and oxygen atoms in total. The summed E-state index contributed by atoms with van der Waals surface area (Å²) in [5.74, 6) is 3.83. The summed E-state index contributed by atoms with van der Waals surface area (Å²) in [6, 6.07) is 25.2. The number of ketones is 1. The fourth-order valence-electron chi connectivity index (χ4n) is 5.92. The van der Waals surface area contributed by atoms with Crippen LogP contribution >= 0.6 is 55.4 Å². The van der Waals surface area contributed by atoms with Gasteiger partial charge in [-0.3, -0.25) is 18.7 Å². The molecule has 2 heterocycles. The number of thioether (sulfide) groups is 2. The Kier molecular flexibility index (Phi) is 16.1. The molecule has 0 aliphatic heterocycles. The van der Waals surface area contributed by atoms with Crippen LogP contribution in [0.1, 0.15) is 48.6 Å². The number of carbonyl (C=O) groups is 2. The van der Waals surface area contributed by atoms with Gasteiger partial charge in [-0.25, -0.2) is 5.90 Å². The maximum absolute atomic E-state index is 11.4. The van der Waals surface area contributed by atoms with Gasteiger partial charge in [0.25, 0.3) is 0 Å². The molecule has 53 heavy (non-hydrogen) atoms. The average molecular weight is 896 g/mol. The summed E-state index contributed by atoms with van der Waals surface area (Å²) in [5.41, 5.74) is 4.72.